The Morgan fingerprint density at radius 1 is 1.17 bits per heavy atom. The fourth-order valence-corrected chi connectivity index (χ4v) is 2.83. The molecule has 3 rings (SSSR count). The van der Waals surface area contributed by atoms with Crippen LogP contribution in [0.2, 0.25) is 5.15 Å². The molecule has 0 radical (unpaired) electrons. The van der Waals surface area contributed by atoms with Gasteiger partial charge in [0.05, 0.1) is 7.11 Å². The summed E-state index contributed by atoms with van der Waals surface area (Å²) in [5.41, 5.74) is 1.03. The third kappa shape index (κ3) is 3.66. The molecular formula is C19H17ClN2O2. The van der Waals surface area contributed by atoms with Gasteiger partial charge >= 0.3 is 5.97 Å². The molecule has 0 saturated carbocycles. The van der Waals surface area contributed by atoms with Crippen molar-refractivity contribution >= 4 is 34.2 Å². The molecule has 3 aromatic rings. The number of carbonyl (C=O) groups is 1. The highest BCUT2D eigenvalue weighted by Gasteiger charge is 2.21. The third-order valence-corrected chi connectivity index (χ3v) is 3.98. The number of carbonyl (C=O) groups excluding carboxylic acids is 1. The maximum atomic E-state index is 12.2. The van der Waals surface area contributed by atoms with E-state index in [1.807, 2.05) is 54.6 Å². The van der Waals surface area contributed by atoms with Crippen molar-refractivity contribution in [3.8, 4) is 0 Å². The first-order valence-corrected chi connectivity index (χ1v) is 7.99. The minimum Gasteiger partial charge on any atom is -0.467 e. The van der Waals surface area contributed by atoms with Gasteiger partial charge in [0, 0.05) is 11.8 Å². The van der Waals surface area contributed by atoms with Crippen LogP contribution in [0.1, 0.15) is 5.56 Å². The molecular weight excluding hydrogens is 324 g/mol. The monoisotopic (exact) mass is 340 g/mol. The lowest BCUT2D eigenvalue weighted by Gasteiger charge is -2.18. The number of hydrogen-bond donors (Lipinski definition) is 1. The van der Waals surface area contributed by atoms with Gasteiger partial charge < -0.3 is 10.1 Å². The Bertz CT molecular complexity index is 852. The van der Waals surface area contributed by atoms with Gasteiger partial charge in [-0.15, -0.1) is 0 Å². The maximum Gasteiger partial charge on any atom is 0.328 e. The number of nitrogens with one attached hydrogen (secondary N) is 1. The Balaban J connectivity index is 1.94. The number of ether oxygens (including phenoxy) is 1. The Morgan fingerprint density at radius 2 is 1.88 bits per heavy atom. The van der Waals surface area contributed by atoms with Crippen molar-refractivity contribution in [2.75, 3.05) is 12.4 Å². The van der Waals surface area contributed by atoms with E-state index in [1.165, 1.54) is 7.11 Å². The molecule has 24 heavy (non-hydrogen) atoms. The fourth-order valence-electron chi connectivity index (χ4n) is 2.63. The van der Waals surface area contributed by atoms with Crippen molar-refractivity contribution < 1.29 is 9.53 Å². The number of hydrogen-bond acceptors (Lipinski definition) is 4. The lowest BCUT2D eigenvalue weighted by Crippen LogP contribution is -2.33. The van der Waals surface area contributed by atoms with Crippen LogP contribution in [0, 0.1) is 0 Å². The summed E-state index contributed by atoms with van der Waals surface area (Å²) >= 11 is 6.11. The SMILES string of the molecule is COC(=O)C(Cc1ccccc1)Nc1nc(Cl)cc2ccccc12. The molecule has 1 aromatic heterocycles. The van der Waals surface area contributed by atoms with E-state index in [9.17, 15) is 4.79 Å². The summed E-state index contributed by atoms with van der Waals surface area (Å²) in [6.07, 6.45) is 0.496. The molecule has 122 valence electrons. The van der Waals surface area contributed by atoms with Gasteiger partial charge in [-0.05, 0) is 17.0 Å². The van der Waals surface area contributed by atoms with E-state index in [1.54, 1.807) is 6.07 Å². The lowest BCUT2D eigenvalue weighted by molar-refractivity contribution is -0.141. The summed E-state index contributed by atoms with van der Waals surface area (Å²) < 4.78 is 4.94. The highest BCUT2D eigenvalue weighted by molar-refractivity contribution is 6.30. The Labute approximate surface area is 145 Å². The predicted octanol–water partition coefficient (Wildman–Crippen LogP) is 4.08. The van der Waals surface area contributed by atoms with Crippen LogP contribution in [0.3, 0.4) is 0 Å². The summed E-state index contributed by atoms with van der Waals surface area (Å²) in [5.74, 6) is 0.231. The molecule has 2 aromatic carbocycles. The number of pyridine rings is 1. The molecule has 0 spiro atoms. The van der Waals surface area contributed by atoms with Crippen LogP contribution in [0.4, 0.5) is 5.82 Å². The fraction of sp³-hybridized carbons (Fsp3) is 0.158. The molecule has 5 heteroatoms. The summed E-state index contributed by atoms with van der Waals surface area (Å²) in [6.45, 7) is 0. The molecule has 1 unspecified atom stereocenters. The maximum absolute atomic E-state index is 12.2. The quantitative estimate of drug-likeness (QED) is 0.561. The van der Waals surface area contributed by atoms with E-state index in [4.69, 9.17) is 16.3 Å². The second-order valence-corrected chi connectivity index (χ2v) is 5.81. The van der Waals surface area contributed by atoms with Crippen molar-refractivity contribution in [3.63, 3.8) is 0 Å². The average molecular weight is 341 g/mol. The van der Waals surface area contributed by atoms with Gasteiger partial charge in [-0.3, -0.25) is 0 Å². The van der Waals surface area contributed by atoms with Crippen molar-refractivity contribution in [2.24, 2.45) is 0 Å². The van der Waals surface area contributed by atoms with Crippen molar-refractivity contribution in [1.82, 2.24) is 4.98 Å². The first-order valence-electron chi connectivity index (χ1n) is 7.61. The minimum absolute atomic E-state index is 0.343. The van der Waals surface area contributed by atoms with Crippen LogP contribution < -0.4 is 5.32 Å². The average Bonchev–Trinajstić information content (AvgIpc) is 2.61. The number of benzene rings is 2. The number of rotatable bonds is 5. The Kier molecular flexibility index (Phi) is 4.96. The molecule has 4 nitrogen and oxygen atoms in total. The van der Waals surface area contributed by atoms with Crippen LogP contribution in [0.25, 0.3) is 10.8 Å². The molecule has 1 N–H and O–H groups in total. The summed E-state index contributed by atoms with van der Waals surface area (Å²) in [6, 6.07) is 18.8. The van der Waals surface area contributed by atoms with Gasteiger partial charge in [-0.1, -0.05) is 66.2 Å². The second-order valence-electron chi connectivity index (χ2n) is 5.42. The summed E-state index contributed by atoms with van der Waals surface area (Å²) in [5, 5.41) is 5.43. The van der Waals surface area contributed by atoms with Crippen LogP contribution in [0.15, 0.2) is 60.7 Å². The van der Waals surface area contributed by atoms with E-state index >= 15 is 0 Å². The molecule has 0 bridgehead atoms. The topological polar surface area (TPSA) is 51.2 Å². The molecule has 0 aliphatic carbocycles. The number of fused-ring (bicyclic) bond motifs is 1. The summed E-state index contributed by atoms with van der Waals surface area (Å²) in [7, 11) is 1.38. The standard InChI is InChI=1S/C19H17ClN2O2/c1-24-19(23)16(11-13-7-3-2-4-8-13)21-18-15-10-6-5-9-14(15)12-17(20)22-18/h2-10,12,16H,11H2,1H3,(H,21,22). The summed E-state index contributed by atoms with van der Waals surface area (Å²) in [4.78, 5) is 16.5. The lowest BCUT2D eigenvalue weighted by atomic mass is 10.1. The second kappa shape index (κ2) is 7.32. The zero-order chi connectivity index (χ0) is 16.9. The molecule has 1 atom stereocenters. The van der Waals surface area contributed by atoms with Crippen LogP contribution in [-0.4, -0.2) is 24.1 Å². The molecule has 0 fully saturated rings. The Hall–Kier alpha value is -2.59. The van der Waals surface area contributed by atoms with Gasteiger partial charge in [0.1, 0.15) is 17.0 Å². The van der Waals surface area contributed by atoms with Crippen molar-refractivity contribution in [3.05, 3.63) is 71.4 Å². The van der Waals surface area contributed by atoms with Gasteiger partial charge in [-0.2, -0.15) is 0 Å². The molecule has 0 aliphatic rings. The van der Waals surface area contributed by atoms with Crippen LogP contribution >= 0.6 is 11.6 Å². The zero-order valence-electron chi connectivity index (χ0n) is 13.2. The van der Waals surface area contributed by atoms with Crippen LogP contribution in [0.5, 0.6) is 0 Å². The minimum atomic E-state index is -0.549. The molecule has 0 amide bonds. The normalized spacial score (nSPS) is 11.9. The number of esters is 1. The third-order valence-electron chi connectivity index (χ3n) is 3.79. The van der Waals surface area contributed by atoms with E-state index in [0.29, 0.717) is 17.4 Å². The first-order chi connectivity index (χ1) is 11.7. The van der Waals surface area contributed by atoms with E-state index in [-0.39, 0.29) is 5.97 Å². The van der Waals surface area contributed by atoms with Gasteiger partial charge in [-0.25, -0.2) is 9.78 Å². The zero-order valence-corrected chi connectivity index (χ0v) is 14.0. The van der Waals surface area contributed by atoms with Gasteiger partial charge in [0.25, 0.3) is 0 Å². The predicted molar refractivity (Wildman–Crippen MR) is 96.3 cm³/mol. The highest BCUT2D eigenvalue weighted by atomic mass is 35.5. The number of anilines is 1. The van der Waals surface area contributed by atoms with Crippen molar-refractivity contribution in [2.45, 2.75) is 12.5 Å². The number of aromatic nitrogens is 1. The molecule has 0 aliphatic heterocycles. The number of methoxy groups -OCH3 is 1. The molecule has 1 heterocycles. The smallest absolute Gasteiger partial charge is 0.328 e. The largest absolute Gasteiger partial charge is 0.467 e. The van der Waals surface area contributed by atoms with E-state index in [0.717, 1.165) is 16.3 Å². The van der Waals surface area contributed by atoms with E-state index in [2.05, 4.69) is 10.3 Å². The van der Waals surface area contributed by atoms with Crippen LogP contribution in [-0.2, 0) is 16.0 Å². The van der Waals surface area contributed by atoms with Crippen molar-refractivity contribution in [1.29, 1.82) is 0 Å². The first kappa shape index (κ1) is 16.3. The van der Waals surface area contributed by atoms with E-state index < -0.39 is 6.04 Å². The Morgan fingerprint density at radius 3 is 2.62 bits per heavy atom. The van der Waals surface area contributed by atoms with Gasteiger partial charge in [0.2, 0.25) is 0 Å². The highest BCUT2D eigenvalue weighted by Crippen LogP contribution is 2.25. The number of nitrogens with zero attached hydrogens (tertiary/aromatic N) is 1. The number of halogens is 1. The molecule has 0 saturated heterocycles. The van der Waals surface area contributed by atoms with Gasteiger partial charge in [0.15, 0.2) is 0 Å².